The molecule has 0 unspecified atom stereocenters. The second-order valence-electron chi connectivity index (χ2n) is 7.12. The Kier molecular flexibility index (Phi) is 6.34. The molecule has 4 rings (SSSR count). The van der Waals surface area contributed by atoms with Crippen LogP contribution in [0.25, 0.3) is 11.1 Å². The summed E-state index contributed by atoms with van der Waals surface area (Å²) in [4.78, 5) is 9.86. The molecule has 0 spiro atoms. The molecule has 5 heteroatoms. The third-order valence-electron chi connectivity index (χ3n) is 4.93. The minimum atomic E-state index is -0.241. The van der Waals surface area contributed by atoms with E-state index in [4.69, 9.17) is 9.97 Å². The van der Waals surface area contributed by atoms with E-state index in [2.05, 4.69) is 62.8 Å². The van der Waals surface area contributed by atoms with Gasteiger partial charge in [0.25, 0.3) is 0 Å². The Hall–Kier alpha value is -1.61. The van der Waals surface area contributed by atoms with Gasteiger partial charge in [0.05, 0.1) is 26.8 Å². The van der Waals surface area contributed by atoms with Crippen LogP contribution in [0.2, 0.25) is 0 Å². The summed E-state index contributed by atoms with van der Waals surface area (Å²) in [7, 11) is 0. The first-order valence-corrected chi connectivity index (χ1v) is 10.6. The van der Waals surface area contributed by atoms with Crippen molar-refractivity contribution >= 4 is 33.8 Å². The Bertz CT molecular complexity index is 960. The fourth-order valence-electron chi connectivity index (χ4n) is 2.95. The second-order valence-corrected chi connectivity index (χ2v) is 8.83. The second kappa shape index (κ2) is 8.40. The first kappa shape index (κ1) is 21.1. The van der Waals surface area contributed by atoms with Crippen LogP contribution in [0, 0.1) is 12.2 Å². The van der Waals surface area contributed by atoms with Crippen molar-refractivity contribution in [3.05, 3.63) is 91.9 Å². The van der Waals surface area contributed by atoms with Crippen molar-refractivity contribution in [3.63, 3.8) is 0 Å². The summed E-state index contributed by atoms with van der Waals surface area (Å²) in [6.45, 7) is 8.60. The maximum Gasteiger partial charge on any atom is 2.00 e. The van der Waals surface area contributed by atoms with Crippen molar-refractivity contribution in [1.82, 2.24) is 9.97 Å². The SMILES string of the molecule is C/C(=C1/[C-]=CC=C1)c1nc(C(C)(C)c2csc(/C(C)=C3\[C-]=CC=C3)n2)cs1.[Pt+2]. The van der Waals surface area contributed by atoms with Crippen LogP contribution in [0.15, 0.2) is 58.4 Å². The van der Waals surface area contributed by atoms with Crippen molar-refractivity contribution in [2.75, 3.05) is 0 Å². The van der Waals surface area contributed by atoms with Crippen molar-refractivity contribution < 1.29 is 21.1 Å². The zero-order valence-electron chi connectivity index (χ0n) is 16.1. The zero-order chi connectivity index (χ0) is 19.0. The third kappa shape index (κ3) is 3.91. The number of nitrogens with zero attached hydrogens (tertiary/aromatic N) is 2. The van der Waals surface area contributed by atoms with E-state index < -0.39 is 0 Å². The summed E-state index contributed by atoms with van der Waals surface area (Å²) in [5.74, 6) is 0. The van der Waals surface area contributed by atoms with Gasteiger partial charge in [-0.25, -0.2) is 0 Å². The molecule has 2 heterocycles. The fourth-order valence-corrected chi connectivity index (χ4v) is 4.97. The molecule has 0 N–H and O–H groups in total. The molecule has 0 atom stereocenters. The van der Waals surface area contributed by atoms with E-state index in [0.29, 0.717) is 0 Å². The zero-order valence-corrected chi connectivity index (χ0v) is 20.1. The molecule has 2 nitrogen and oxygen atoms in total. The van der Waals surface area contributed by atoms with Crippen LogP contribution in [0.5, 0.6) is 0 Å². The van der Waals surface area contributed by atoms with Crippen molar-refractivity contribution in [1.29, 1.82) is 0 Å². The minimum absolute atomic E-state index is 0. The summed E-state index contributed by atoms with van der Waals surface area (Å²) >= 11 is 3.37. The number of thiazole rings is 2. The van der Waals surface area contributed by atoms with Gasteiger partial charge in [-0.15, -0.1) is 34.8 Å². The first-order valence-electron chi connectivity index (χ1n) is 8.84. The molecule has 0 fully saturated rings. The van der Waals surface area contributed by atoms with Crippen LogP contribution in [-0.4, -0.2) is 9.97 Å². The summed E-state index contributed by atoms with van der Waals surface area (Å²) < 4.78 is 0. The predicted octanol–water partition coefficient (Wildman–Crippen LogP) is 6.33. The van der Waals surface area contributed by atoms with Crippen LogP contribution >= 0.6 is 22.7 Å². The van der Waals surface area contributed by atoms with Crippen molar-refractivity contribution in [2.24, 2.45) is 0 Å². The maximum absolute atomic E-state index is 4.93. The summed E-state index contributed by atoms with van der Waals surface area (Å²) in [6.07, 6.45) is 18.6. The minimum Gasteiger partial charge on any atom is -0.251 e. The Labute approximate surface area is 189 Å². The Morgan fingerprint density at radius 2 is 1.25 bits per heavy atom. The van der Waals surface area contributed by atoms with E-state index in [-0.39, 0.29) is 26.5 Å². The smallest absolute Gasteiger partial charge is 0.251 e. The summed E-state index contributed by atoms with van der Waals surface area (Å²) in [6, 6.07) is 0. The molecule has 28 heavy (non-hydrogen) atoms. The van der Waals surface area contributed by atoms with Crippen LogP contribution in [-0.2, 0) is 26.5 Å². The molecule has 0 saturated carbocycles. The first-order chi connectivity index (χ1) is 13.0. The third-order valence-corrected chi connectivity index (χ3v) is 6.86. The molecule has 2 aliphatic rings. The number of hydrogen-bond acceptors (Lipinski definition) is 4. The quantitative estimate of drug-likeness (QED) is 0.394. The van der Waals surface area contributed by atoms with E-state index in [1.807, 2.05) is 24.3 Å². The molecule has 144 valence electrons. The van der Waals surface area contributed by atoms with Gasteiger partial charge in [-0.1, -0.05) is 25.0 Å². The summed E-state index contributed by atoms with van der Waals surface area (Å²) in [5.41, 5.74) is 6.44. The average molecular weight is 584 g/mol. The van der Waals surface area contributed by atoms with Gasteiger partial charge in [-0.3, -0.25) is 9.97 Å². The molecule has 0 aromatic carbocycles. The Morgan fingerprint density at radius 1 is 0.821 bits per heavy atom. The van der Waals surface area contributed by atoms with Gasteiger partial charge in [0.15, 0.2) is 0 Å². The number of allylic oxidation sites excluding steroid dienone is 12. The normalized spacial score (nSPS) is 18.7. The van der Waals surface area contributed by atoms with Gasteiger partial charge >= 0.3 is 21.1 Å². The molecule has 0 bridgehead atoms. The van der Waals surface area contributed by atoms with Gasteiger partial charge in [0.2, 0.25) is 0 Å². The fraction of sp³-hybridized carbons (Fsp3) is 0.217. The van der Waals surface area contributed by atoms with E-state index in [1.54, 1.807) is 22.7 Å². The van der Waals surface area contributed by atoms with Gasteiger partial charge in [-0.05, 0) is 13.8 Å². The van der Waals surface area contributed by atoms with E-state index in [0.717, 1.165) is 32.5 Å². The topological polar surface area (TPSA) is 25.8 Å². The van der Waals surface area contributed by atoms with Crippen LogP contribution < -0.4 is 0 Å². The van der Waals surface area contributed by atoms with E-state index in [1.165, 1.54) is 11.1 Å². The number of rotatable bonds is 4. The Balaban J connectivity index is 0.00000225. The molecule has 2 aromatic rings. The van der Waals surface area contributed by atoms with E-state index in [9.17, 15) is 0 Å². The van der Waals surface area contributed by atoms with Gasteiger partial charge in [0, 0.05) is 10.8 Å². The van der Waals surface area contributed by atoms with Gasteiger partial charge in [-0.2, -0.15) is 47.6 Å². The largest absolute Gasteiger partial charge is 2.00 e. The molecule has 0 radical (unpaired) electrons. The Morgan fingerprint density at radius 3 is 1.61 bits per heavy atom. The maximum atomic E-state index is 4.93. The van der Waals surface area contributed by atoms with Gasteiger partial charge in [0.1, 0.15) is 0 Å². The van der Waals surface area contributed by atoms with Crippen molar-refractivity contribution in [3.8, 4) is 0 Å². The molecular formula is C23H20N2PtS2. The van der Waals surface area contributed by atoms with Crippen molar-refractivity contribution in [2.45, 2.75) is 33.1 Å². The number of aromatic nitrogens is 2. The standard InChI is InChI=1S/C23H20N2S2.Pt/c1-15(17-9-5-6-10-17)21-24-19(13-26-21)23(3,4)20-14-27-22(25-20)16(2)18-11-7-8-12-18;/h5-9,11,13-14H,1-4H3;/q-2;+2/b17-15-,18-16-;. The monoisotopic (exact) mass is 583 g/mol. The molecule has 2 aromatic heterocycles. The predicted molar refractivity (Wildman–Crippen MR) is 115 cm³/mol. The molecule has 0 saturated heterocycles. The van der Waals surface area contributed by atoms with Crippen LogP contribution in [0.1, 0.15) is 49.1 Å². The van der Waals surface area contributed by atoms with Gasteiger partial charge < -0.3 is 0 Å². The molecular weight excluding hydrogens is 563 g/mol. The van der Waals surface area contributed by atoms with Crippen LogP contribution in [0.4, 0.5) is 0 Å². The molecule has 0 aliphatic heterocycles. The molecule has 0 amide bonds. The summed E-state index contributed by atoms with van der Waals surface area (Å²) in [5, 5.41) is 6.40. The van der Waals surface area contributed by atoms with Crippen LogP contribution in [0.3, 0.4) is 0 Å². The molecule has 2 aliphatic carbocycles. The number of hydrogen-bond donors (Lipinski definition) is 0. The van der Waals surface area contributed by atoms with E-state index >= 15 is 0 Å². The average Bonchev–Trinajstić information content (AvgIpc) is 3.47.